The minimum Gasteiger partial charge on any atom is -0.469 e. The largest absolute Gasteiger partial charge is 0.469 e. The first kappa shape index (κ1) is 11.8. The minimum absolute atomic E-state index is 0.219. The van der Waals surface area contributed by atoms with E-state index in [1.165, 1.54) is 7.11 Å². The van der Waals surface area contributed by atoms with E-state index in [-0.39, 0.29) is 5.97 Å². The number of ether oxygens (including phenoxy) is 1. The summed E-state index contributed by atoms with van der Waals surface area (Å²) >= 11 is 6.04. The van der Waals surface area contributed by atoms with Crippen LogP contribution in [0, 0.1) is 0 Å². The van der Waals surface area contributed by atoms with E-state index in [0.717, 1.165) is 5.56 Å². The predicted octanol–water partition coefficient (Wildman–Crippen LogP) is 3.22. The maximum atomic E-state index is 10.8. The molecule has 0 aliphatic carbocycles. The third-order valence-corrected chi connectivity index (χ3v) is 2.32. The highest BCUT2D eigenvalue weighted by Crippen LogP contribution is 2.19. The Bertz CT molecular complexity index is 344. The molecule has 0 N–H and O–H groups in total. The number of allylic oxidation sites excluding steroid dienone is 1. The fourth-order valence-corrected chi connectivity index (χ4v) is 1.37. The van der Waals surface area contributed by atoms with E-state index in [0.29, 0.717) is 17.9 Å². The number of carbonyl (C=O) groups is 1. The van der Waals surface area contributed by atoms with Gasteiger partial charge in [0.05, 0.1) is 7.11 Å². The van der Waals surface area contributed by atoms with E-state index in [1.807, 2.05) is 36.4 Å². The number of methoxy groups -OCH3 is 1. The van der Waals surface area contributed by atoms with Gasteiger partial charge in [-0.2, -0.15) is 0 Å². The monoisotopic (exact) mass is 224 g/mol. The second-order valence-electron chi connectivity index (χ2n) is 3.03. The van der Waals surface area contributed by atoms with E-state index in [1.54, 1.807) is 0 Å². The van der Waals surface area contributed by atoms with E-state index >= 15 is 0 Å². The maximum absolute atomic E-state index is 10.8. The van der Waals surface area contributed by atoms with Crippen LogP contribution in [0.15, 0.2) is 36.4 Å². The molecule has 0 aliphatic heterocycles. The van der Waals surface area contributed by atoms with Crippen molar-refractivity contribution in [3.8, 4) is 0 Å². The number of esters is 1. The SMILES string of the molecule is COC(=O)CC/C=C(/Cl)c1ccccc1. The Balaban J connectivity index is 2.50. The molecule has 0 saturated carbocycles. The molecule has 1 aromatic carbocycles. The summed E-state index contributed by atoms with van der Waals surface area (Å²) in [6.45, 7) is 0. The molecule has 0 aromatic heterocycles. The summed E-state index contributed by atoms with van der Waals surface area (Å²) in [6, 6.07) is 9.63. The topological polar surface area (TPSA) is 26.3 Å². The molecule has 0 amide bonds. The molecule has 0 atom stereocenters. The summed E-state index contributed by atoms with van der Waals surface area (Å²) in [4.78, 5) is 10.8. The van der Waals surface area contributed by atoms with Gasteiger partial charge in [0.1, 0.15) is 0 Å². The first-order valence-corrected chi connectivity index (χ1v) is 5.09. The Kier molecular flexibility index (Phi) is 4.91. The van der Waals surface area contributed by atoms with Crippen LogP contribution in [0.25, 0.3) is 5.03 Å². The molecule has 15 heavy (non-hydrogen) atoms. The third kappa shape index (κ3) is 4.17. The lowest BCUT2D eigenvalue weighted by atomic mass is 10.2. The highest BCUT2D eigenvalue weighted by molar-refractivity contribution is 6.48. The van der Waals surface area contributed by atoms with Gasteiger partial charge >= 0.3 is 5.97 Å². The zero-order valence-electron chi connectivity index (χ0n) is 8.57. The van der Waals surface area contributed by atoms with Crippen molar-refractivity contribution in [1.29, 1.82) is 0 Å². The molecule has 0 aliphatic rings. The van der Waals surface area contributed by atoms with Gasteiger partial charge in [0, 0.05) is 11.5 Å². The minimum atomic E-state index is -0.219. The lowest BCUT2D eigenvalue weighted by Gasteiger charge is -1.99. The Hall–Kier alpha value is -1.28. The lowest BCUT2D eigenvalue weighted by molar-refractivity contribution is -0.140. The van der Waals surface area contributed by atoms with Crippen LogP contribution < -0.4 is 0 Å². The summed E-state index contributed by atoms with van der Waals surface area (Å²) in [7, 11) is 1.38. The quantitative estimate of drug-likeness (QED) is 0.734. The van der Waals surface area contributed by atoms with Crippen molar-refractivity contribution in [3.05, 3.63) is 42.0 Å². The first-order valence-electron chi connectivity index (χ1n) is 4.72. The number of rotatable bonds is 4. The molecule has 0 unspecified atom stereocenters. The molecule has 0 bridgehead atoms. The van der Waals surface area contributed by atoms with Gasteiger partial charge < -0.3 is 4.74 Å². The van der Waals surface area contributed by atoms with Gasteiger partial charge in [-0.05, 0) is 12.0 Å². The molecule has 0 radical (unpaired) electrons. The number of hydrogen-bond donors (Lipinski definition) is 0. The third-order valence-electron chi connectivity index (χ3n) is 1.95. The number of carbonyl (C=O) groups excluding carboxylic acids is 1. The second-order valence-corrected chi connectivity index (χ2v) is 3.44. The Morgan fingerprint density at radius 1 is 1.40 bits per heavy atom. The van der Waals surface area contributed by atoms with Crippen LogP contribution in [-0.2, 0) is 9.53 Å². The summed E-state index contributed by atoms with van der Waals surface area (Å²) in [6.07, 6.45) is 2.79. The molecular weight excluding hydrogens is 212 g/mol. The normalized spacial score (nSPS) is 11.2. The highest BCUT2D eigenvalue weighted by Gasteiger charge is 1.99. The van der Waals surface area contributed by atoms with Crippen molar-refractivity contribution in [1.82, 2.24) is 0 Å². The summed E-state index contributed by atoms with van der Waals surface area (Å²) in [5, 5.41) is 0.666. The van der Waals surface area contributed by atoms with Crippen LogP contribution in [0.5, 0.6) is 0 Å². The number of hydrogen-bond acceptors (Lipinski definition) is 2. The molecule has 0 fully saturated rings. The number of benzene rings is 1. The van der Waals surface area contributed by atoms with Crippen LogP contribution in [-0.4, -0.2) is 13.1 Å². The van der Waals surface area contributed by atoms with Gasteiger partial charge in [-0.3, -0.25) is 4.79 Å². The lowest BCUT2D eigenvalue weighted by Crippen LogP contribution is -1.98. The summed E-state index contributed by atoms with van der Waals surface area (Å²) < 4.78 is 4.53. The molecule has 2 nitrogen and oxygen atoms in total. The van der Waals surface area contributed by atoms with Crippen LogP contribution in [0.1, 0.15) is 18.4 Å². The van der Waals surface area contributed by atoms with E-state index < -0.39 is 0 Å². The van der Waals surface area contributed by atoms with E-state index in [4.69, 9.17) is 11.6 Å². The van der Waals surface area contributed by atoms with Crippen molar-refractivity contribution >= 4 is 22.6 Å². The van der Waals surface area contributed by atoms with Crippen molar-refractivity contribution in [3.63, 3.8) is 0 Å². The van der Waals surface area contributed by atoms with Crippen LogP contribution in [0.3, 0.4) is 0 Å². The molecular formula is C12H13ClO2. The average molecular weight is 225 g/mol. The Morgan fingerprint density at radius 3 is 2.67 bits per heavy atom. The zero-order valence-corrected chi connectivity index (χ0v) is 9.33. The van der Waals surface area contributed by atoms with Crippen LogP contribution in [0.4, 0.5) is 0 Å². The Morgan fingerprint density at radius 2 is 2.07 bits per heavy atom. The van der Waals surface area contributed by atoms with Crippen molar-refractivity contribution in [2.24, 2.45) is 0 Å². The van der Waals surface area contributed by atoms with E-state index in [9.17, 15) is 4.79 Å². The van der Waals surface area contributed by atoms with Gasteiger partial charge in [-0.15, -0.1) is 0 Å². The van der Waals surface area contributed by atoms with Gasteiger partial charge in [0.15, 0.2) is 0 Å². The molecule has 0 heterocycles. The molecule has 1 rings (SSSR count). The number of halogens is 1. The van der Waals surface area contributed by atoms with Crippen molar-refractivity contribution in [2.75, 3.05) is 7.11 Å². The maximum Gasteiger partial charge on any atom is 0.305 e. The highest BCUT2D eigenvalue weighted by atomic mass is 35.5. The van der Waals surface area contributed by atoms with Crippen molar-refractivity contribution in [2.45, 2.75) is 12.8 Å². The van der Waals surface area contributed by atoms with Gasteiger partial charge in [-0.1, -0.05) is 48.0 Å². The molecule has 3 heteroatoms. The first-order chi connectivity index (χ1) is 7.24. The standard InChI is InChI=1S/C12H13ClO2/c1-15-12(14)9-5-8-11(13)10-6-3-2-4-7-10/h2-4,6-8H,5,9H2,1H3/b11-8+. The van der Waals surface area contributed by atoms with Crippen molar-refractivity contribution < 1.29 is 9.53 Å². The Labute approximate surface area is 94.5 Å². The van der Waals surface area contributed by atoms with Gasteiger partial charge in [0.2, 0.25) is 0 Å². The fourth-order valence-electron chi connectivity index (χ4n) is 1.13. The average Bonchev–Trinajstić information content (AvgIpc) is 2.29. The van der Waals surface area contributed by atoms with Crippen LogP contribution >= 0.6 is 11.6 Å². The molecule has 0 saturated heterocycles. The van der Waals surface area contributed by atoms with E-state index in [2.05, 4.69) is 4.74 Å². The fraction of sp³-hybridized carbons (Fsp3) is 0.250. The summed E-state index contributed by atoms with van der Waals surface area (Å²) in [5.74, 6) is -0.219. The van der Waals surface area contributed by atoms with Gasteiger partial charge in [0.25, 0.3) is 0 Å². The predicted molar refractivity (Wildman–Crippen MR) is 61.5 cm³/mol. The molecule has 0 spiro atoms. The van der Waals surface area contributed by atoms with Gasteiger partial charge in [-0.25, -0.2) is 0 Å². The molecule has 1 aromatic rings. The zero-order chi connectivity index (χ0) is 11.1. The molecule has 80 valence electrons. The summed E-state index contributed by atoms with van der Waals surface area (Å²) in [5.41, 5.74) is 0.962. The second kappa shape index (κ2) is 6.25. The van der Waals surface area contributed by atoms with Crippen LogP contribution in [0.2, 0.25) is 0 Å². The smallest absolute Gasteiger partial charge is 0.305 e.